The zero-order valence-electron chi connectivity index (χ0n) is 16.5. The number of benzene rings is 2. The molecule has 7 heteroatoms. The molecule has 1 aliphatic carbocycles. The number of carbonyl (C=O) groups excluding carboxylic acids is 1. The van der Waals surface area contributed by atoms with Gasteiger partial charge in [-0.15, -0.1) is 0 Å². The van der Waals surface area contributed by atoms with Crippen LogP contribution in [-0.2, 0) is 25.6 Å². The standard InChI is InChI=1S/C23H25ClO6/c24-18-8-4-5-9-19(18)28-13-16(25)14-29-23-17-10-22(26)30-21(23)11-20(17)27-12-15-6-2-1-3-7-15/h1-9,16-17,20-21,23,25H,10-14H2/t16?,17?,20?,21-,23?/m1/s1. The second-order valence-electron chi connectivity index (χ2n) is 7.66. The molecule has 4 rings (SSSR count). The molecule has 1 heterocycles. The second kappa shape index (κ2) is 9.79. The predicted molar refractivity (Wildman–Crippen MR) is 110 cm³/mol. The molecule has 1 aliphatic heterocycles. The van der Waals surface area contributed by atoms with Crippen LogP contribution < -0.4 is 4.74 Å². The summed E-state index contributed by atoms with van der Waals surface area (Å²) in [6.07, 6.45) is -0.746. The number of aliphatic hydroxyl groups excluding tert-OH is 1. The monoisotopic (exact) mass is 432 g/mol. The topological polar surface area (TPSA) is 74.2 Å². The Hall–Kier alpha value is -2.12. The highest BCUT2D eigenvalue weighted by molar-refractivity contribution is 6.32. The molecule has 5 atom stereocenters. The van der Waals surface area contributed by atoms with Crippen LogP contribution in [0.15, 0.2) is 54.6 Å². The number of halogens is 1. The van der Waals surface area contributed by atoms with Crippen LogP contribution in [0.25, 0.3) is 0 Å². The van der Waals surface area contributed by atoms with E-state index in [0.29, 0.717) is 23.8 Å². The van der Waals surface area contributed by atoms with Gasteiger partial charge >= 0.3 is 5.97 Å². The first kappa shape index (κ1) is 21.1. The Bertz CT molecular complexity index is 845. The number of carbonyl (C=O) groups is 1. The summed E-state index contributed by atoms with van der Waals surface area (Å²) in [5.41, 5.74) is 1.08. The number of hydrogen-bond acceptors (Lipinski definition) is 6. The lowest BCUT2D eigenvalue weighted by Gasteiger charge is -2.31. The molecule has 4 unspecified atom stereocenters. The maximum absolute atomic E-state index is 11.9. The summed E-state index contributed by atoms with van der Waals surface area (Å²) in [6, 6.07) is 17.0. The minimum absolute atomic E-state index is 0.0551. The molecule has 2 fully saturated rings. The van der Waals surface area contributed by atoms with Crippen molar-refractivity contribution < 1.29 is 28.8 Å². The van der Waals surface area contributed by atoms with E-state index in [2.05, 4.69) is 0 Å². The van der Waals surface area contributed by atoms with Crippen LogP contribution in [0, 0.1) is 5.92 Å². The number of fused-ring (bicyclic) bond motifs is 2. The summed E-state index contributed by atoms with van der Waals surface area (Å²) in [5, 5.41) is 10.8. The van der Waals surface area contributed by atoms with E-state index >= 15 is 0 Å². The molecule has 1 N–H and O–H groups in total. The Morgan fingerprint density at radius 1 is 1.07 bits per heavy atom. The van der Waals surface area contributed by atoms with Gasteiger partial charge in [0.1, 0.15) is 30.7 Å². The van der Waals surface area contributed by atoms with Crippen molar-refractivity contribution in [3.05, 3.63) is 65.2 Å². The molecule has 6 nitrogen and oxygen atoms in total. The Labute approximate surface area is 180 Å². The van der Waals surface area contributed by atoms with Gasteiger partial charge in [-0.25, -0.2) is 0 Å². The zero-order valence-corrected chi connectivity index (χ0v) is 17.2. The number of esters is 1. The fourth-order valence-corrected chi connectivity index (χ4v) is 4.21. The summed E-state index contributed by atoms with van der Waals surface area (Å²) in [7, 11) is 0. The van der Waals surface area contributed by atoms with Crippen molar-refractivity contribution in [3.63, 3.8) is 0 Å². The lowest BCUT2D eigenvalue weighted by atomic mass is 9.97. The van der Waals surface area contributed by atoms with Gasteiger partial charge in [-0.2, -0.15) is 0 Å². The van der Waals surface area contributed by atoms with Gasteiger partial charge in [0.2, 0.25) is 0 Å². The average Bonchev–Trinajstić information content (AvgIpc) is 2.96. The number of hydrogen-bond donors (Lipinski definition) is 1. The summed E-state index contributed by atoms with van der Waals surface area (Å²) >= 11 is 6.06. The fraction of sp³-hybridized carbons (Fsp3) is 0.435. The van der Waals surface area contributed by atoms with E-state index in [9.17, 15) is 9.90 Å². The van der Waals surface area contributed by atoms with E-state index in [4.69, 9.17) is 30.5 Å². The maximum Gasteiger partial charge on any atom is 0.306 e. The third-order valence-corrected chi connectivity index (χ3v) is 5.78. The van der Waals surface area contributed by atoms with Crippen LogP contribution in [0.4, 0.5) is 0 Å². The van der Waals surface area contributed by atoms with E-state index in [1.165, 1.54) is 0 Å². The molecule has 30 heavy (non-hydrogen) atoms. The van der Waals surface area contributed by atoms with Gasteiger partial charge in [-0.1, -0.05) is 54.1 Å². The Kier molecular flexibility index (Phi) is 6.89. The molecule has 2 aromatic carbocycles. The van der Waals surface area contributed by atoms with Crippen LogP contribution in [0.5, 0.6) is 5.75 Å². The molecule has 0 spiro atoms. The van der Waals surface area contributed by atoms with E-state index in [-0.39, 0.29) is 49.8 Å². The quantitative estimate of drug-likeness (QED) is 0.612. The summed E-state index contributed by atoms with van der Waals surface area (Å²) in [4.78, 5) is 11.9. The van der Waals surface area contributed by atoms with Crippen LogP contribution in [0.3, 0.4) is 0 Å². The van der Waals surface area contributed by atoms with Crippen molar-refractivity contribution in [1.82, 2.24) is 0 Å². The van der Waals surface area contributed by atoms with Crippen LogP contribution in [-0.4, -0.2) is 48.7 Å². The Balaban J connectivity index is 1.29. The van der Waals surface area contributed by atoms with Gasteiger partial charge in [0.25, 0.3) is 0 Å². The molecule has 160 valence electrons. The molecular weight excluding hydrogens is 408 g/mol. The van der Waals surface area contributed by atoms with Crippen LogP contribution in [0.1, 0.15) is 18.4 Å². The third-order valence-electron chi connectivity index (χ3n) is 5.47. The van der Waals surface area contributed by atoms with Gasteiger partial charge in [0, 0.05) is 12.3 Å². The Morgan fingerprint density at radius 3 is 2.63 bits per heavy atom. The van der Waals surface area contributed by atoms with E-state index in [1.807, 2.05) is 42.5 Å². The fourth-order valence-electron chi connectivity index (χ4n) is 4.02. The number of ether oxygens (including phenoxy) is 4. The molecule has 0 amide bonds. The van der Waals surface area contributed by atoms with Crippen molar-refractivity contribution in [3.8, 4) is 5.75 Å². The van der Waals surface area contributed by atoms with Crippen molar-refractivity contribution in [2.75, 3.05) is 13.2 Å². The average molecular weight is 433 g/mol. The number of rotatable bonds is 9. The van der Waals surface area contributed by atoms with Gasteiger partial charge in [-0.05, 0) is 17.7 Å². The first-order chi connectivity index (χ1) is 14.6. The molecular formula is C23H25ClO6. The predicted octanol–water partition coefficient (Wildman–Crippen LogP) is 3.39. The van der Waals surface area contributed by atoms with E-state index < -0.39 is 6.10 Å². The van der Waals surface area contributed by atoms with Crippen molar-refractivity contribution in [2.24, 2.45) is 5.92 Å². The van der Waals surface area contributed by atoms with Gasteiger partial charge in [0.05, 0.1) is 30.8 Å². The lowest BCUT2D eigenvalue weighted by Crippen LogP contribution is -2.42. The molecule has 2 bridgehead atoms. The van der Waals surface area contributed by atoms with Crippen molar-refractivity contribution >= 4 is 17.6 Å². The molecule has 1 saturated heterocycles. The smallest absolute Gasteiger partial charge is 0.306 e. The number of para-hydroxylation sites is 1. The minimum atomic E-state index is -0.831. The first-order valence-electron chi connectivity index (χ1n) is 10.1. The highest BCUT2D eigenvalue weighted by Crippen LogP contribution is 2.40. The minimum Gasteiger partial charge on any atom is -0.489 e. The van der Waals surface area contributed by atoms with Crippen molar-refractivity contribution in [1.29, 1.82) is 0 Å². The zero-order chi connectivity index (χ0) is 20.9. The third kappa shape index (κ3) is 5.13. The van der Waals surface area contributed by atoms with Crippen LogP contribution in [0.2, 0.25) is 5.02 Å². The SMILES string of the molecule is O=C1CC2C(OCc3ccccc3)C[C@@H](O1)C2OCC(O)COc1ccccc1Cl. The van der Waals surface area contributed by atoms with Crippen LogP contribution >= 0.6 is 11.6 Å². The molecule has 2 aliphatic rings. The van der Waals surface area contributed by atoms with E-state index in [0.717, 1.165) is 5.56 Å². The van der Waals surface area contributed by atoms with Gasteiger partial charge < -0.3 is 24.1 Å². The largest absolute Gasteiger partial charge is 0.489 e. The summed E-state index contributed by atoms with van der Waals surface area (Å²) in [5.74, 6) is 0.203. The maximum atomic E-state index is 11.9. The van der Waals surface area contributed by atoms with E-state index in [1.54, 1.807) is 12.1 Å². The lowest BCUT2D eigenvalue weighted by molar-refractivity contribution is -0.172. The van der Waals surface area contributed by atoms with Crippen molar-refractivity contribution in [2.45, 2.75) is 43.9 Å². The highest BCUT2D eigenvalue weighted by atomic mass is 35.5. The first-order valence-corrected chi connectivity index (χ1v) is 10.5. The normalized spacial score (nSPS) is 26.3. The van der Waals surface area contributed by atoms with Gasteiger partial charge in [0.15, 0.2) is 0 Å². The molecule has 0 aromatic heterocycles. The summed E-state index contributed by atoms with van der Waals surface area (Å²) < 4.78 is 23.1. The number of aliphatic hydroxyl groups is 1. The second-order valence-corrected chi connectivity index (χ2v) is 8.07. The highest BCUT2D eigenvalue weighted by Gasteiger charge is 2.51. The molecule has 2 aromatic rings. The molecule has 0 radical (unpaired) electrons. The van der Waals surface area contributed by atoms with Gasteiger partial charge in [-0.3, -0.25) is 4.79 Å². The molecule has 1 saturated carbocycles. The summed E-state index contributed by atoms with van der Waals surface area (Å²) in [6.45, 7) is 0.606. The Morgan fingerprint density at radius 2 is 1.83 bits per heavy atom.